The second kappa shape index (κ2) is 3.67. The predicted molar refractivity (Wildman–Crippen MR) is 29.9 cm³/mol. The third-order valence-corrected chi connectivity index (χ3v) is 0.584. The van der Waals surface area contributed by atoms with Gasteiger partial charge in [-0.25, -0.2) is 10.6 Å². The summed E-state index contributed by atoms with van der Waals surface area (Å²) in [5.74, 6) is 4.17. The molecule has 0 fully saturated rings. The largest absolute Gasteiger partial charge is 0.352 e. The SMILES string of the molecule is NNC(=O)CNC(N)=O. The van der Waals surface area contributed by atoms with Gasteiger partial charge in [-0.15, -0.1) is 0 Å². The fourth-order valence-corrected chi connectivity index (χ4v) is 0.218. The monoisotopic (exact) mass is 132 g/mol. The third kappa shape index (κ3) is 4.56. The van der Waals surface area contributed by atoms with Gasteiger partial charge in [0.2, 0.25) is 0 Å². The molecule has 0 radical (unpaired) electrons. The van der Waals surface area contributed by atoms with Gasteiger partial charge in [0.15, 0.2) is 0 Å². The highest BCUT2D eigenvalue weighted by Crippen LogP contribution is 1.57. The first-order chi connectivity index (χ1) is 4.16. The summed E-state index contributed by atoms with van der Waals surface area (Å²) in [4.78, 5) is 20.1. The van der Waals surface area contributed by atoms with Gasteiger partial charge in [0, 0.05) is 0 Å². The van der Waals surface area contributed by atoms with Crippen LogP contribution in [-0.2, 0) is 4.79 Å². The van der Waals surface area contributed by atoms with Crippen LogP contribution in [0.4, 0.5) is 4.79 Å². The summed E-state index contributed by atoms with van der Waals surface area (Å²) in [5.41, 5.74) is 6.44. The first kappa shape index (κ1) is 7.70. The molecule has 0 aromatic carbocycles. The van der Waals surface area contributed by atoms with E-state index in [0.29, 0.717) is 0 Å². The highest BCUT2D eigenvalue weighted by Gasteiger charge is 1.96. The summed E-state index contributed by atoms with van der Waals surface area (Å²) in [6.07, 6.45) is 0. The molecule has 0 saturated heterocycles. The second-order valence-corrected chi connectivity index (χ2v) is 1.29. The van der Waals surface area contributed by atoms with E-state index < -0.39 is 11.9 Å². The Hall–Kier alpha value is -1.30. The smallest absolute Gasteiger partial charge is 0.312 e. The Morgan fingerprint density at radius 1 is 1.44 bits per heavy atom. The number of urea groups is 1. The Bertz CT molecular complexity index is 123. The summed E-state index contributed by atoms with van der Waals surface area (Å²) in [6.45, 7) is -0.189. The highest BCUT2D eigenvalue weighted by atomic mass is 16.2. The molecule has 0 unspecified atom stereocenters. The van der Waals surface area contributed by atoms with Gasteiger partial charge >= 0.3 is 6.03 Å². The van der Waals surface area contributed by atoms with E-state index in [1.165, 1.54) is 0 Å². The number of hydrogen-bond donors (Lipinski definition) is 4. The van der Waals surface area contributed by atoms with Crippen LogP contribution in [-0.4, -0.2) is 18.5 Å². The number of nitrogens with two attached hydrogens (primary N) is 2. The third-order valence-electron chi connectivity index (χ3n) is 0.584. The molecule has 0 bridgehead atoms. The number of carbonyl (C=O) groups is 2. The molecule has 0 aromatic rings. The highest BCUT2D eigenvalue weighted by molar-refractivity contribution is 5.82. The minimum Gasteiger partial charge on any atom is -0.352 e. The zero-order chi connectivity index (χ0) is 7.28. The van der Waals surface area contributed by atoms with Crippen LogP contribution in [0, 0.1) is 0 Å². The molecule has 6 nitrogen and oxygen atoms in total. The molecule has 0 heterocycles. The lowest BCUT2D eigenvalue weighted by Gasteiger charge is -1.97. The number of primary amides is 1. The molecule has 9 heavy (non-hydrogen) atoms. The molecule has 52 valence electrons. The maximum atomic E-state index is 10.2. The van der Waals surface area contributed by atoms with Crippen LogP contribution in [0.25, 0.3) is 0 Å². The van der Waals surface area contributed by atoms with Crippen molar-refractivity contribution in [1.29, 1.82) is 0 Å². The Labute approximate surface area is 51.5 Å². The molecular formula is C3H8N4O2. The molecule has 0 aliphatic rings. The lowest BCUT2D eigenvalue weighted by atomic mass is 10.6. The number of hydrogen-bond acceptors (Lipinski definition) is 3. The summed E-state index contributed by atoms with van der Waals surface area (Å²) in [6, 6.07) is -0.751. The van der Waals surface area contributed by atoms with Gasteiger partial charge in [-0.1, -0.05) is 0 Å². The number of nitrogens with one attached hydrogen (secondary N) is 2. The van der Waals surface area contributed by atoms with Gasteiger partial charge in [-0.05, 0) is 0 Å². The van der Waals surface area contributed by atoms with Crippen molar-refractivity contribution in [3.8, 4) is 0 Å². The van der Waals surface area contributed by atoms with Crippen LogP contribution in [0.5, 0.6) is 0 Å². The number of carbonyl (C=O) groups excluding carboxylic acids is 2. The first-order valence-electron chi connectivity index (χ1n) is 2.19. The number of hydrazine groups is 1. The number of amides is 3. The molecular weight excluding hydrogens is 124 g/mol. The van der Waals surface area contributed by atoms with Gasteiger partial charge < -0.3 is 11.1 Å². The molecule has 0 aliphatic carbocycles. The van der Waals surface area contributed by atoms with Crippen molar-refractivity contribution in [2.75, 3.05) is 6.54 Å². The van der Waals surface area contributed by atoms with E-state index >= 15 is 0 Å². The zero-order valence-electron chi connectivity index (χ0n) is 4.68. The molecule has 0 aliphatic heterocycles. The molecule has 0 spiro atoms. The van der Waals surface area contributed by atoms with E-state index in [0.717, 1.165) is 0 Å². The summed E-state index contributed by atoms with van der Waals surface area (Å²) in [5, 5.41) is 2.04. The molecule has 0 rings (SSSR count). The Morgan fingerprint density at radius 3 is 2.33 bits per heavy atom. The Balaban J connectivity index is 3.28. The van der Waals surface area contributed by atoms with E-state index in [9.17, 15) is 9.59 Å². The lowest BCUT2D eigenvalue weighted by molar-refractivity contribution is -0.120. The Morgan fingerprint density at radius 2 is 2.00 bits per heavy atom. The van der Waals surface area contributed by atoms with Crippen LogP contribution in [0.2, 0.25) is 0 Å². The van der Waals surface area contributed by atoms with Crippen LogP contribution in [0.3, 0.4) is 0 Å². The summed E-state index contributed by atoms with van der Waals surface area (Å²) in [7, 11) is 0. The van der Waals surface area contributed by atoms with Crippen LogP contribution < -0.4 is 22.3 Å². The standard InChI is InChI=1S/C3H8N4O2/c4-3(9)6-1-2(8)7-5/h1,5H2,(H,7,8)(H3,4,6,9). The van der Waals surface area contributed by atoms with E-state index in [2.05, 4.69) is 11.6 Å². The van der Waals surface area contributed by atoms with Crippen molar-refractivity contribution in [1.82, 2.24) is 10.7 Å². The van der Waals surface area contributed by atoms with E-state index in [1.54, 1.807) is 0 Å². The maximum absolute atomic E-state index is 10.2. The molecule has 3 amide bonds. The van der Waals surface area contributed by atoms with Gasteiger partial charge in [0.05, 0.1) is 6.54 Å². The molecule has 0 aromatic heterocycles. The van der Waals surface area contributed by atoms with Crippen molar-refractivity contribution < 1.29 is 9.59 Å². The van der Waals surface area contributed by atoms with Crippen molar-refractivity contribution in [2.24, 2.45) is 11.6 Å². The average Bonchev–Trinajstić information content (AvgIpc) is 1.83. The van der Waals surface area contributed by atoms with E-state index in [-0.39, 0.29) is 6.54 Å². The van der Waals surface area contributed by atoms with Crippen molar-refractivity contribution in [3.05, 3.63) is 0 Å². The minimum atomic E-state index is -0.751. The molecule has 6 N–H and O–H groups in total. The van der Waals surface area contributed by atoms with Crippen molar-refractivity contribution in [2.45, 2.75) is 0 Å². The van der Waals surface area contributed by atoms with Gasteiger partial charge in [-0.3, -0.25) is 10.2 Å². The Kier molecular flexibility index (Phi) is 3.14. The number of rotatable bonds is 2. The van der Waals surface area contributed by atoms with E-state index in [4.69, 9.17) is 0 Å². The van der Waals surface area contributed by atoms with Crippen LogP contribution in [0.15, 0.2) is 0 Å². The second-order valence-electron chi connectivity index (χ2n) is 1.29. The lowest BCUT2D eigenvalue weighted by Crippen LogP contribution is -2.41. The topological polar surface area (TPSA) is 110 Å². The quantitative estimate of drug-likeness (QED) is 0.192. The van der Waals surface area contributed by atoms with Crippen LogP contribution >= 0.6 is 0 Å². The molecule has 6 heteroatoms. The predicted octanol–water partition coefficient (Wildman–Crippen LogP) is -2.36. The van der Waals surface area contributed by atoms with Gasteiger partial charge in [0.1, 0.15) is 0 Å². The summed E-state index contributed by atoms with van der Waals surface area (Å²) < 4.78 is 0. The average molecular weight is 132 g/mol. The fraction of sp³-hybridized carbons (Fsp3) is 0.333. The van der Waals surface area contributed by atoms with E-state index in [1.807, 2.05) is 10.7 Å². The van der Waals surface area contributed by atoms with Crippen molar-refractivity contribution in [3.63, 3.8) is 0 Å². The maximum Gasteiger partial charge on any atom is 0.312 e. The molecule has 0 saturated carbocycles. The minimum absolute atomic E-state index is 0.189. The summed E-state index contributed by atoms with van der Waals surface area (Å²) >= 11 is 0. The van der Waals surface area contributed by atoms with Gasteiger partial charge in [-0.2, -0.15) is 0 Å². The van der Waals surface area contributed by atoms with Crippen LogP contribution in [0.1, 0.15) is 0 Å². The van der Waals surface area contributed by atoms with Crippen molar-refractivity contribution >= 4 is 11.9 Å². The fourth-order valence-electron chi connectivity index (χ4n) is 0.218. The first-order valence-corrected chi connectivity index (χ1v) is 2.19. The zero-order valence-corrected chi connectivity index (χ0v) is 4.68. The normalized spacial score (nSPS) is 8.11. The van der Waals surface area contributed by atoms with Gasteiger partial charge in [0.25, 0.3) is 5.91 Å². The molecule has 0 atom stereocenters.